The first-order chi connectivity index (χ1) is 8.99. The highest BCUT2D eigenvalue weighted by Gasteiger charge is 2.19. The Balaban J connectivity index is 2.88. The number of rotatable bonds is 6. The van der Waals surface area contributed by atoms with Gasteiger partial charge in [0.2, 0.25) is 0 Å². The van der Waals surface area contributed by atoms with Crippen LogP contribution < -0.4 is 4.74 Å². The number of benzene rings is 1. The van der Waals surface area contributed by atoms with Gasteiger partial charge in [-0.2, -0.15) is 0 Å². The molecule has 1 atom stereocenters. The Labute approximate surface area is 106 Å². The number of methoxy groups -OCH3 is 1. The van der Waals surface area contributed by atoms with E-state index in [1.165, 1.54) is 0 Å². The lowest BCUT2D eigenvalue weighted by molar-refractivity contribution is -0.141. The number of carboxylic acids is 1. The Hall–Kier alpha value is -1.65. The van der Waals surface area contributed by atoms with Gasteiger partial charge < -0.3 is 9.84 Å². The van der Waals surface area contributed by atoms with E-state index >= 15 is 0 Å². The zero-order valence-corrected chi connectivity index (χ0v) is 10.1. The Kier molecular flexibility index (Phi) is 4.50. The van der Waals surface area contributed by atoms with Gasteiger partial charge in [-0.25, -0.2) is 8.78 Å². The first kappa shape index (κ1) is 12.8. The van der Waals surface area contributed by atoms with Crippen molar-refractivity contribution >= 4 is 5.97 Å². The molecule has 0 spiro atoms. The van der Waals surface area contributed by atoms with Crippen LogP contribution >= 0.6 is 0 Å². The van der Waals surface area contributed by atoms with Gasteiger partial charge in [-0.1, -0.05) is 13.3 Å². The largest absolute Gasteiger partial charge is 0.491 e. The third-order valence-corrected chi connectivity index (χ3v) is 2.65. The summed E-state index contributed by atoms with van der Waals surface area (Å²) in [5.74, 6) is -3.92. The van der Waals surface area contributed by atoms with Crippen molar-refractivity contribution in [2.24, 2.45) is 5.92 Å². The number of ether oxygens (including phenoxy) is 1. The van der Waals surface area contributed by atoms with Crippen molar-refractivity contribution < 1.29 is 24.8 Å². The van der Waals surface area contributed by atoms with Crippen LogP contribution in [0.25, 0.3) is 0 Å². The predicted molar refractivity (Wildman–Crippen MR) is 62.6 cm³/mol. The number of halogens is 2. The molecule has 1 unspecified atom stereocenters. The summed E-state index contributed by atoms with van der Waals surface area (Å²) < 4.78 is 38.5. The van der Waals surface area contributed by atoms with Gasteiger partial charge in [0.15, 0.2) is 17.4 Å². The van der Waals surface area contributed by atoms with Gasteiger partial charge in [-0.3, -0.25) is 4.79 Å². The Morgan fingerprint density at radius 3 is 2.56 bits per heavy atom. The predicted octanol–water partition coefficient (Wildman–Crippen LogP) is 3.02. The van der Waals surface area contributed by atoms with Crippen molar-refractivity contribution in [3.63, 3.8) is 0 Å². The minimum absolute atomic E-state index is 0.0349. The Bertz CT molecular complexity index is 429. The molecule has 0 fully saturated rings. The van der Waals surface area contributed by atoms with Gasteiger partial charge in [-0.05, 0) is 30.5 Å². The van der Waals surface area contributed by atoms with Crippen LogP contribution in [-0.4, -0.2) is 18.2 Å². The van der Waals surface area contributed by atoms with Crippen LogP contribution in [0, 0.1) is 17.6 Å². The van der Waals surface area contributed by atoms with Crippen LogP contribution in [-0.2, 0) is 11.2 Å². The zero-order chi connectivity index (χ0) is 14.4. The molecular formula is C13H16F2O3. The highest BCUT2D eigenvalue weighted by Crippen LogP contribution is 2.25. The van der Waals surface area contributed by atoms with Crippen LogP contribution in [0.15, 0.2) is 12.1 Å². The summed E-state index contributed by atoms with van der Waals surface area (Å²) in [6, 6.07) is 2.16. The average Bonchev–Trinajstić information content (AvgIpc) is 2.33. The molecule has 1 rings (SSSR count). The summed E-state index contributed by atoms with van der Waals surface area (Å²) in [5, 5.41) is 9.03. The summed E-state index contributed by atoms with van der Waals surface area (Å²) in [7, 11) is 1.16. The topological polar surface area (TPSA) is 46.5 Å². The van der Waals surface area contributed by atoms with Gasteiger partial charge in [0, 0.05) is 1.37 Å². The number of aliphatic carboxylic acids is 1. The Morgan fingerprint density at radius 2 is 2.11 bits per heavy atom. The average molecular weight is 260 g/mol. The van der Waals surface area contributed by atoms with Crippen molar-refractivity contribution in [2.75, 3.05) is 7.11 Å². The summed E-state index contributed by atoms with van der Waals surface area (Å²) in [4.78, 5) is 11.0. The van der Waals surface area contributed by atoms with Gasteiger partial charge in [-0.15, -0.1) is 0 Å². The van der Waals surface area contributed by atoms with E-state index in [0.29, 0.717) is 12.8 Å². The highest BCUT2D eigenvalue weighted by molar-refractivity contribution is 5.70. The van der Waals surface area contributed by atoms with Gasteiger partial charge in [0.25, 0.3) is 0 Å². The van der Waals surface area contributed by atoms with E-state index in [0.717, 1.165) is 19.2 Å². The number of hydrogen-bond donors (Lipinski definition) is 1. The smallest absolute Gasteiger partial charge is 0.306 e. The number of carbonyl (C=O) groups is 1. The van der Waals surface area contributed by atoms with Crippen LogP contribution in [0.2, 0.25) is 0 Å². The second-order valence-electron chi connectivity index (χ2n) is 3.97. The molecule has 0 radical (unpaired) electrons. The van der Waals surface area contributed by atoms with E-state index in [4.69, 9.17) is 6.48 Å². The second kappa shape index (κ2) is 6.33. The molecule has 0 heterocycles. The molecule has 5 heteroatoms. The van der Waals surface area contributed by atoms with E-state index in [9.17, 15) is 13.6 Å². The van der Waals surface area contributed by atoms with Gasteiger partial charge >= 0.3 is 5.97 Å². The molecule has 0 saturated heterocycles. The van der Waals surface area contributed by atoms with E-state index < -0.39 is 29.3 Å². The molecule has 1 aromatic carbocycles. The third-order valence-electron chi connectivity index (χ3n) is 2.65. The Morgan fingerprint density at radius 1 is 1.50 bits per heavy atom. The highest BCUT2D eigenvalue weighted by atomic mass is 19.1. The molecule has 1 aromatic rings. The maximum atomic E-state index is 13.5. The molecule has 0 saturated carbocycles. The minimum Gasteiger partial charge on any atom is -0.491 e. The summed E-state index contributed by atoms with van der Waals surface area (Å²) in [6.07, 6.45) is 0.791. The molecular weight excluding hydrogens is 242 g/mol. The lowest BCUT2D eigenvalue weighted by Crippen LogP contribution is -2.16. The maximum Gasteiger partial charge on any atom is 0.306 e. The van der Waals surface area contributed by atoms with Crippen molar-refractivity contribution in [3.8, 4) is 5.75 Å². The van der Waals surface area contributed by atoms with E-state index in [1.807, 2.05) is 0 Å². The molecule has 0 aliphatic carbocycles. The standard InChI is InChI=1S/C13H16F2O3/c1-3-4-9(13(16)17)5-8-6-10(14)12(18-2)11(15)7-8/h6-7,9H,3-5H2,1-2H3,(H,16,17)/i1T. The molecule has 3 nitrogen and oxygen atoms in total. The number of carboxylic acid groups (broad SMARTS) is 1. The SMILES string of the molecule is [3H]CCCC(Cc1cc(F)c(OC)c(F)c1)C(=O)O. The molecule has 100 valence electrons. The van der Waals surface area contributed by atoms with E-state index in [1.54, 1.807) is 0 Å². The molecule has 0 aliphatic rings. The molecule has 1 N–H and O–H groups in total. The van der Waals surface area contributed by atoms with Crippen LogP contribution in [0.4, 0.5) is 8.78 Å². The minimum atomic E-state index is -1.02. The first-order valence-corrected chi connectivity index (χ1v) is 5.53. The monoisotopic (exact) mass is 260 g/mol. The van der Waals surface area contributed by atoms with Crippen LogP contribution in [0.1, 0.15) is 26.7 Å². The van der Waals surface area contributed by atoms with Crippen molar-refractivity contribution in [3.05, 3.63) is 29.3 Å². The maximum absolute atomic E-state index is 13.5. The fourth-order valence-electron chi connectivity index (χ4n) is 1.77. The van der Waals surface area contributed by atoms with Crippen molar-refractivity contribution in [1.82, 2.24) is 0 Å². The summed E-state index contributed by atoms with van der Waals surface area (Å²) in [6.45, 7) is 0.134. The van der Waals surface area contributed by atoms with Crippen molar-refractivity contribution in [1.29, 1.82) is 0 Å². The quantitative estimate of drug-likeness (QED) is 0.855. The lowest BCUT2D eigenvalue weighted by atomic mass is 9.95. The fraction of sp³-hybridized carbons (Fsp3) is 0.462. The third kappa shape index (κ3) is 3.42. The van der Waals surface area contributed by atoms with Crippen LogP contribution in [0.5, 0.6) is 5.75 Å². The zero-order valence-electron chi connectivity index (χ0n) is 11.1. The second-order valence-corrected chi connectivity index (χ2v) is 3.97. The summed E-state index contributed by atoms with van der Waals surface area (Å²) in [5.41, 5.74) is 0.271. The molecule has 18 heavy (non-hydrogen) atoms. The lowest BCUT2D eigenvalue weighted by Gasteiger charge is -2.12. The van der Waals surface area contributed by atoms with Gasteiger partial charge in [0.05, 0.1) is 13.0 Å². The first-order valence-electron chi connectivity index (χ1n) is 6.24. The molecule has 0 amide bonds. The van der Waals surface area contributed by atoms with Crippen LogP contribution in [0.3, 0.4) is 0 Å². The summed E-state index contributed by atoms with van der Waals surface area (Å²) >= 11 is 0. The number of hydrogen-bond acceptors (Lipinski definition) is 2. The van der Waals surface area contributed by atoms with E-state index in [-0.39, 0.29) is 18.9 Å². The fourth-order valence-corrected chi connectivity index (χ4v) is 1.77. The van der Waals surface area contributed by atoms with E-state index in [2.05, 4.69) is 4.74 Å². The molecule has 0 aromatic heterocycles. The van der Waals surface area contributed by atoms with Crippen molar-refractivity contribution in [2.45, 2.75) is 26.2 Å². The molecule has 0 aliphatic heterocycles. The van der Waals surface area contributed by atoms with Gasteiger partial charge in [0.1, 0.15) is 0 Å². The molecule has 0 bridgehead atoms. The normalized spacial score (nSPS) is 12.9.